The molecule has 0 saturated carbocycles. The van der Waals surface area contributed by atoms with Gasteiger partial charge in [-0.3, -0.25) is 0 Å². The number of benzene rings is 1. The van der Waals surface area contributed by atoms with Crippen molar-refractivity contribution in [3.8, 4) is 0 Å². The van der Waals surface area contributed by atoms with Crippen LogP contribution in [0, 0.1) is 5.92 Å². The van der Waals surface area contributed by atoms with E-state index in [0.717, 1.165) is 42.2 Å². The molecule has 2 aromatic rings. The Kier molecular flexibility index (Phi) is 4.76. The number of H-pyrrole nitrogens is 1. The van der Waals surface area contributed by atoms with Crippen LogP contribution in [0.15, 0.2) is 24.3 Å². The Balaban J connectivity index is 1.95. The van der Waals surface area contributed by atoms with Crippen molar-refractivity contribution in [3.05, 3.63) is 30.1 Å². The Morgan fingerprint density at radius 2 is 2.06 bits per heavy atom. The first-order valence-corrected chi connectivity index (χ1v) is 6.97. The van der Waals surface area contributed by atoms with Crippen LogP contribution in [0.4, 0.5) is 0 Å². The molecule has 0 amide bonds. The van der Waals surface area contributed by atoms with E-state index in [1.165, 1.54) is 19.3 Å². The average molecular weight is 245 g/mol. The van der Waals surface area contributed by atoms with Crippen LogP contribution in [0.3, 0.4) is 0 Å². The lowest BCUT2D eigenvalue weighted by atomic mass is 9.94. The lowest BCUT2D eigenvalue weighted by Crippen LogP contribution is -2.10. The summed E-state index contributed by atoms with van der Waals surface area (Å²) in [5.41, 5.74) is 7.87. The van der Waals surface area contributed by atoms with Crippen molar-refractivity contribution in [1.82, 2.24) is 9.97 Å². The lowest BCUT2D eigenvalue weighted by molar-refractivity contribution is 0.418. The first-order chi connectivity index (χ1) is 8.83. The second-order valence-electron chi connectivity index (χ2n) is 4.97. The standard InChI is InChI=1S/C15H23N3/c1-2-5-12(10-11-16)8-9-15-17-13-6-3-4-7-14(13)18-15/h3-4,6-7,12H,2,5,8-11,16H2,1H3,(H,17,18). The van der Waals surface area contributed by atoms with E-state index in [4.69, 9.17) is 5.73 Å². The molecule has 98 valence electrons. The van der Waals surface area contributed by atoms with E-state index in [2.05, 4.69) is 29.0 Å². The van der Waals surface area contributed by atoms with Gasteiger partial charge in [0, 0.05) is 6.42 Å². The van der Waals surface area contributed by atoms with Crippen LogP contribution in [-0.2, 0) is 6.42 Å². The van der Waals surface area contributed by atoms with Crippen molar-refractivity contribution in [2.75, 3.05) is 6.54 Å². The predicted molar refractivity (Wildman–Crippen MR) is 76.5 cm³/mol. The summed E-state index contributed by atoms with van der Waals surface area (Å²) in [7, 11) is 0. The van der Waals surface area contributed by atoms with E-state index in [1.54, 1.807) is 0 Å². The van der Waals surface area contributed by atoms with Crippen LogP contribution in [0.2, 0.25) is 0 Å². The van der Waals surface area contributed by atoms with Gasteiger partial charge in [-0.15, -0.1) is 0 Å². The van der Waals surface area contributed by atoms with Crippen LogP contribution in [0.1, 0.15) is 38.4 Å². The van der Waals surface area contributed by atoms with Crippen molar-refractivity contribution in [2.24, 2.45) is 11.7 Å². The predicted octanol–water partition coefficient (Wildman–Crippen LogP) is 3.26. The Morgan fingerprint density at radius 3 is 2.78 bits per heavy atom. The van der Waals surface area contributed by atoms with Gasteiger partial charge in [0.2, 0.25) is 0 Å². The minimum absolute atomic E-state index is 0.744. The summed E-state index contributed by atoms with van der Waals surface area (Å²) in [6.45, 7) is 3.04. The molecule has 0 aliphatic carbocycles. The third-order valence-electron chi connectivity index (χ3n) is 3.50. The number of hydrogen-bond acceptors (Lipinski definition) is 2. The van der Waals surface area contributed by atoms with Gasteiger partial charge < -0.3 is 10.7 Å². The fourth-order valence-electron chi connectivity index (χ4n) is 2.54. The van der Waals surface area contributed by atoms with Gasteiger partial charge in [-0.05, 0) is 37.4 Å². The Labute approximate surface area is 109 Å². The van der Waals surface area contributed by atoms with Gasteiger partial charge in [-0.25, -0.2) is 4.98 Å². The molecule has 1 unspecified atom stereocenters. The number of para-hydroxylation sites is 2. The quantitative estimate of drug-likeness (QED) is 0.786. The molecule has 0 fully saturated rings. The van der Waals surface area contributed by atoms with Gasteiger partial charge in [0.15, 0.2) is 0 Å². The van der Waals surface area contributed by atoms with E-state index in [1.807, 2.05) is 12.1 Å². The average Bonchev–Trinajstić information content (AvgIpc) is 2.79. The molecule has 0 saturated heterocycles. The van der Waals surface area contributed by atoms with E-state index in [0.29, 0.717) is 0 Å². The summed E-state index contributed by atoms with van der Waals surface area (Å²) >= 11 is 0. The maximum atomic E-state index is 5.67. The molecule has 1 aromatic carbocycles. The molecule has 0 spiro atoms. The first kappa shape index (κ1) is 13.1. The van der Waals surface area contributed by atoms with Crippen molar-refractivity contribution in [1.29, 1.82) is 0 Å². The lowest BCUT2D eigenvalue weighted by Gasteiger charge is -2.13. The second kappa shape index (κ2) is 6.55. The van der Waals surface area contributed by atoms with Crippen LogP contribution in [0.5, 0.6) is 0 Å². The first-order valence-electron chi connectivity index (χ1n) is 6.97. The summed E-state index contributed by atoms with van der Waals surface area (Å²) in [4.78, 5) is 8.01. The molecular formula is C15H23N3. The molecule has 0 aliphatic heterocycles. The molecule has 18 heavy (non-hydrogen) atoms. The molecule has 1 heterocycles. The fraction of sp³-hybridized carbons (Fsp3) is 0.533. The topological polar surface area (TPSA) is 54.7 Å². The normalized spacial score (nSPS) is 13.0. The van der Waals surface area contributed by atoms with E-state index < -0.39 is 0 Å². The molecule has 1 aromatic heterocycles. The van der Waals surface area contributed by atoms with Gasteiger partial charge in [0.05, 0.1) is 11.0 Å². The number of aryl methyl sites for hydroxylation is 1. The van der Waals surface area contributed by atoms with E-state index >= 15 is 0 Å². The second-order valence-corrected chi connectivity index (χ2v) is 4.97. The fourth-order valence-corrected chi connectivity index (χ4v) is 2.54. The van der Waals surface area contributed by atoms with E-state index in [-0.39, 0.29) is 0 Å². The number of nitrogens with two attached hydrogens (primary N) is 1. The number of hydrogen-bond donors (Lipinski definition) is 2. The number of fused-ring (bicyclic) bond motifs is 1. The highest BCUT2D eigenvalue weighted by atomic mass is 14.9. The van der Waals surface area contributed by atoms with Crippen LogP contribution in [0.25, 0.3) is 11.0 Å². The molecule has 0 bridgehead atoms. The van der Waals surface area contributed by atoms with Crippen molar-refractivity contribution in [3.63, 3.8) is 0 Å². The summed E-state index contributed by atoms with van der Waals surface area (Å²) in [5.74, 6) is 1.85. The zero-order chi connectivity index (χ0) is 12.8. The molecule has 3 nitrogen and oxygen atoms in total. The summed E-state index contributed by atoms with van der Waals surface area (Å²) in [5, 5.41) is 0. The maximum absolute atomic E-state index is 5.67. The SMILES string of the molecule is CCCC(CCN)CCc1nc2ccccc2[nH]1. The smallest absolute Gasteiger partial charge is 0.107 e. The third kappa shape index (κ3) is 3.33. The van der Waals surface area contributed by atoms with Crippen molar-refractivity contribution in [2.45, 2.75) is 39.0 Å². The molecule has 1 atom stereocenters. The molecule has 0 radical (unpaired) electrons. The van der Waals surface area contributed by atoms with Gasteiger partial charge in [0.25, 0.3) is 0 Å². The minimum atomic E-state index is 0.744. The molecular weight excluding hydrogens is 222 g/mol. The number of aromatic amines is 1. The number of rotatable bonds is 7. The minimum Gasteiger partial charge on any atom is -0.342 e. The molecule has 2 rings (SSSR count). The highest BCUT2D eigenvalue weighted by Gasteiger charge is 2.09. The Hall–Kier alpha value is -1.35. The van der Waals surface area contributed by atoms with Gasteiger partial charge in [-0.2, -0.15) is 0 Å². The Morgan fingerprint density at radius 1 is 1.22 bits per heavy atom. The maximum Gasteiger partial charge on any atom is 0.107 e. The van der Waals surface area contributed by atoms with E-state index in [9.17, 15) is 0 Å². The molecule has 0 aliphatic rings. The van der Waals surface area contributed by atoms with Crippen LogP contribution >= 0.6 is 0 Å². The highest BCUT2D eigenvalue weighted by Crippen LogP contribution is 2.18. The number of aromatic nitrogens is 2. The van der Waals surface area contributed by atoms with Gasteiger partial charge >= 0.3 is 0 Å². The largest absolute Gasteiger partial charge is 0.342 e. The molecule has 3 heteroatoms. The zero-order valence-electron chi connectivity index (χ0n) is 11.2. The number of nitrogens with one attached hydrogen (secondary N) is 1. The zero-order valence-corrected chi connectivity index (χ0v) is 11.2. The summed E-state index contributed by atoms with van der Waals surface area (Å²) in [6, 6.07) is 8.20. The number of imidazole rings is 1. The van der Waals surface area contributed by atoms with Crippen molar-refractivity contribution >= 4 is 11.0 Å². The van der Waals surface area contributed by atoms with Gasteiger partial charge in [0.1, 0.15) is 5.82 Å². The Bertz CT molecular complexity index is 436. The number of nitrogens with zero attached hydrogens (tertiary/aromatic N) is 1. The monoisotopic (exact) mass is 245 g/mol. The van der Waals surface area contributed by atoms with Crippen LogP contribution < -0.4 is 5.73 Å². The molecule has 3 N–H and O–H groups in total. The van der Waals surface area contributed by atoms with Crippen molar-refractivity contribution < 1.29 is 0 Å². The summed E-state index contributed by atoms with van der Waals surface area (Å²) < 4.78 is 0. The summed E-state index contributed by atoms with van der Waals surface area (Å²) in [6.07, 6.45) is 5.86. The van der Waals surface area contributed by atoms with Crippen LogP contribution in [-0.4, -0.2) is 16.5 Å². The highest BCUT2D eigenvalue weighted by molar-refractivity contribution is 5.74. The third-order valence-corrected chi connectivity index (χ3v) is 3.50. The van der Waals surface area contributed by atoms with Gasteiger partial charge in [-0.1, -0.05) is 31.9 Å².